The molecular formula is C24H29F2N3O3. The molecule has 32 heavy (non-hydrogen) atoms. The molecule has 1 aliphatic heterocycles. The van der Waals surface area contributed by atoms with Crippen LogP contribution in [0.25, 0.3) is 0 Å². The molecule has 1 saturated heterocycles. The first-order valence-corrected chi connectivity index (χ1v) is 10.9. The maximum absolute atomic E-state index is 14.8. The van der Waals surface area contributed by atoms with Crippen molar-refractivity contribution in [3.05, 3.63) is 59.7 Å². The average Bonchev–Trinajstić information content (AvgIpc) is 2.75. The summed E-state index contributed by atoms with van der Waals surface area (Å²) in [5.41, 5.74) is 1.20. The Balaban J connectivity index is 1.66. The third-order valence-corrected chi connectivity index (χ3v) is 5.99. The molecule has 3 rings (SSSR count). The molecule has 1 heterocycles. The largest absolute Gasteiger partial charge is 0.480 e. The lowest BCUT2D eigenvalue weighted by molar-refractivity contribution is -0.143. The van der Waals surface area contributed by atoms with Gasteiger partial charge in [-0.15, -0.1) is 0 Å². The highest BCUT2D eigenvalue weighted by Gasteiger charge is 2.31. The number of anilines is 2. The van der Waals surface area contributed by atoms with E-state index < -0.39 is 23.6 Å². The van der Waals surface area contributed by atoms with Gasteiger partial charge in [-0.25, -0.2) is 8.78 Å². The van der Waals surface area contributed by atoms with Gasteiger partial charge in [0.2, 0.25) is 5.91 Å². The summed E-state index contributed by atoms with van der Waals surface area (Å²) in [6.07, 6.45) is 1.44. The van der Waals surface area contributed by atoms with Crippen LogP contribution in [0.4, 0.5) is 20.2 Å². The summed E-state index contributed by atoms with van der Waals surface area (Å²) in [5.74, 6) is -2.20. The van der Waals surface area contributed by atoms with Crippen LogP contribution >= 0.6 is 0 Å². The third kappa shape index (κ3) is 5.43. The molecule has 172 valence electrons. The van der Waals surface area contributed by atoms with Gasteiger partial charge < -0.3 is 15.3 Å². The lowest BCUT2D eigenvalue weighted by atomic mass is 10.0. The second kappa shape index (κ2) is 10.5. The van der Waals surface area contributed by atoms with E-state index in [2.05, 4.69) is 5.32 Å². The van der Waals surface area contributed by atoms with Crippen molar-refractivity contribution >= 4 is 23.3 Å². The summed E-state index contributed by atoms with van der Waals surface area (Å²) in [6, 6.07) is 9.28. The van der Waals surface area contributed by atoms with Gasteiger partial charge in [0.05, 0.1) is 5.69 Å². The summed E-state index contributed by atoms with van der Waals surface area (Å²) in [4.78, 5) is 27.7. The molecule has 6 nitrogen and oxygen atoms in total. The van der Waals surface area contributed by atoms with Gasteiger partial charge in [-0.3, -0.25) is 14.5 Å². The smallest absolute Gasteiger partial charge is 0.325 e. The van der Waals surface area contributed by atoms with Crippen molar-refractivity contribution in [1.82, 2.24) is 4.90 Å². The van der Waals surface area contributed by atoms with Gasteiger partial charge in [-0.1, -0.05) is 26.0 Å². The molecule has 2 aromatic carbocycles. The van der Waals surface area contributed by atoms with Crippen molar-refractivity contribution in [2.75, 3.05) is 36.4 Å². The van der Waals surface area contributed by atoms with E-state index in [1.54, 1.807) is 23.1 Å². The molecular weight excluding hydrogens is 416 g/mol. The van der Waals surface area contributed by atoms with Crippen LogP contribution < -0.4 is 10.2 Å². The molecule has 1 atom stereocenters. The topological polar surface area (TPSA) is 72.9 Å². The molecule has 1 aliphatic rings. The number of amides is 1. The van der Waals surface area contributed by atoms with E-state index in [0.717, 1.165) is 12.8 Å². The Morgan fingerprint density at radius 3 is 2.28 bits per heavy atom. The summed E-state index contributed by atoms with van der Waals surface area (Å²) < 4.78 is 28.4. The highest BCUT2D eigenvalue weighted by atomic mass is 19.1. The summed E-state index contributed by atoms with van der Waals surface area (Å²) in [7, 11) is 0. The van der Waals surface area contributed by atoms with Gasteiger partial charge in [0.15, 0.2) is 0 Å². The SMILES string of the molecule is CCC(CC)C(=O)Nc1ccc(N2CCN(C(C(=O)O)c3cccc(F)c3)CC2)c(F)c1. The number of hydrogen-bond acceptors (Lipinski definition) is 4. The van der Waals surface area contributed by atoms with E-state index in [0.29, 0.717) is 43.1 Å². The van der Waals surface area contributed by atoms with Crippen LogP contribution in [-0.2, 0) is 9.59 Å². The molecule has 0 aromatic heterocycles. The Morgan fingerprint density at radius 2 is 1.72 bits per heavy atom. The fraction of sp³-hybridized carbons (Fsp3) is 0.417. The van der Waals surface area contributed by atoms with Crippen LogP contribution in [0, 0.1) is 17.6 Å². The molecule has 2 N–H and O–H groups in total. The predicted molar refractivity (Wildman–Crippen MR) is 120 cm³/mol. The molecule has 1 fully saturated rings. The molecule has 1 unspecified atom stereocenters. The van der Waals surface area contributed by atoms with E-state index in [9.17, 15) is 23.5 Å². The van der Waals surface area contributed by atoms with E-state index in [-0.39, 0.29) is 11.8 Å². The second-order valence-corrected chi connectivity index (χ2v) is 7.99. The van der Waals surface area contributed by atoms with Gasteiger partial charge in [-0.2, -0.15) is 0 Å². The first kappa shape index (κ1) is 23.7. The highest BCUT2D eigenvalue weighted by Crippen LogP contribution is 2.28. The number of halogens is 2. The molecule has 1 amide bonds. The zero-order valence-corrected chi connectivity index (χ0v) is 18.4. The van der Waals surface area contributed by atoms with Crippen molar-refractivity contribution in [1.29, 1.82) is 0 Å². The Hall–Kier alpha value is -3.00. The van der Waals surface area contributed by atoms with Crippen molar-refractivity contribution in [3.8, 4) is 0 Å². The minimum absolute atomic E-state index is 0.105. The van der Waals surface area contributed by atoms with Crippen LogP contribution in [-0.4, -0.2) is 48.1 Å². The average molecular weight is 446 g/mol. The number of carbonyl (C=O) groups excluding carboxylic acids is 1. The molecule has 0 radical (unpaired) electrons. The monoisotopic (exact) mass is 445 g/mol. The Morgan fingerprint density at radius 1 is 1.03 bits per heavy atom. The number of nitrogens with zero attached hydrogens (tertiary/aromatic N) is 2. The molecule has 8 heteroatoms. The minimum atomic E-state index is -1.05. The summed E-state index contributed by atoms with van der Waals surface area (Å²) in [5, 5.41) is 12.5. The van der Waals surface area contributed by atoms with Crippen molar-refractivity contribution in [2.45, 2.75) is 32.7 Å². The van der Waals surface area contributed by atoms with Gasteiger partial charge in [-0.05, 0) is 48.7 Å². The number of hydrogen-bond donors (Lipinski definition) is 2. The zero-order valence-electron chi connectivity index (χ0n) is 18.4. The first-order chi connectivity index (χ1) is 15.3. The lowest BCUT2D eigenvalue weighted by Gasteiger charge is -2.39. The molecule has 0 aliphatic carbocycles. The number of rotatable bonds is 8. The number of benzene rings is 2. The van der Waals surface area contributed by atoms with Gasteiger partial charge in [0, 0.05) is 37.8 Å². The lowest BCUT2D eigenvalue weighted by Crippen LogP contribution is -2.49. The van der Waals surface area contributed by atoms with Gasteiger partial charge in [0.1, 0.15) is 17.7 Å². The van der Waals surface area contributed by atoms with E-state index in [4.69, 9.17) is 0 Å². The second-order valence-electron chi connectivity index (χ2n) is 7.99. The van der Waals surface area contributed by atoms with E-state index >= 15 is 0 Å². The standard InChI is InChI=1S/C24H29F2N3O3/c1-3-16(4-2)23(30)27-19-8-9-21(20(26)15-19)28-10-12-29(13-11-28)22(24(31)32)17-6-5-7-18(25)14-17/h5-9,14-16,22H,3-4,10-13H2,1-2H3,(H,27,30)(H,31,32). The first-order valence-electron chi connectivity index (χ1n) is 10.9. The van der Waals surface area contributed by atoms with Crippen LogP contribution in [0.5, 0.6) is 0 Å². The van der Waals surface area contributed by atoms with Crippen molar-refractivity contribution in [3.63, 3.8) is 0 Å². The molecule has 0 bridgehead atoms. The fourth-order valence-corrected chi connectivity index (χ4v) is 4.15. The quantitative estimate of drug-likeness (QED) is 0.634. The number of carbonyl (C=O) groups is 2. The van der Waals surface area contributed by atoms with Crippen LogP contribution in [0.1, 0.15) is 38.3 Å². The number of carboxylic acid groups (broad SMARTS) is 1. The Bertz CT molecular complexity index is 957. The number of carboxylic acids is 1. The molecule has 0 saturated carbocycles. The normalized spacial score (nSPS) is 15.6. The Kier molecular flexibility index (Phi) is 7.80. The van der Waals surface area contributed by atoms with Crippen LogP contribution in [0.3, 0.4) is 0 Å². The number of piperazine rings is 1. The van der Waals surface area contributed by atoms with Crippen molar-refractivity contribution in [2.24, 2.45) is 5.92 Å². The van der Waals surface area contributed by atoms with Crippen molar-refractivity contribution < 1.29 is 23.5 Å². The van der Waals surface area contributed by atoms with Gasteiger partial charge in [0.25, 0.3) is 0 Å². The third-order valence-electron chi connectivity index (χ3n) is 5.99. The predicted octanol–water partition coefficient (Wildman–Crippen LogP) is 4.29. The fourth-order valence-electron chi connectivity index (χ4n) is 4.15. The minimum Gasteiger partial charge on any atom is -0.480 e. The zero-order chi connectivity index (χ0) is 23.3. The molecule has 2 aromatic rings. The number of nitrogens with one attached hydrogen (secondary N) is 1. The highest BCUT2D eigenvalue weighted by molar-refractivity contribution is 5.92. The Labute approximate surface area is 186 Å². The summed E-state index contributed by atoms with van der Waals surface area (Å²) in [6.45, 7) is 5.52. The van der Waals surface area contributed by atoms with Gasteiger partial charge >= 0.3 is 5.97 Å². The maximum atomic E-state index is 14.8. The summed E-state index contributed by atoms with van der Waals surface area (Å²) >= 11 is 0. The number of aliphatic carboxylic acids is 1. The van der Waals surface area contributed by atoms with E-state index in [1.165, 1.54) is 24.3 Å². The van der Waals surface area contributed by atoms with E-state index in [1.807, 2.05) is 18.7 Å². The maximum Gasteiger partial charge on any atom is 0.325 e. The van der Waals surface area contributed by atoms with Crippen LogP contribution in [0.15, 0.2) is 42.5 Å². The van der Waals surface area contributed by atoms with Crippen LogP contribution in [0.2, 0.25) is 0 Å². The molecule has 0 spiro atoms.